The number of nitrogens with zero attached hydrogens (tertiary/aromatic N) is 3. The van der Waals surface area contributed by atoms with Crippen molar-refractivity contribution in [1.82, 2.24) is 14.5 Å². The van der Waals surface area contributed by atoms with Gasteiger partial charge in [-0.05, 0) is 59.2 Å². The Labute approximate surface area is 271 Å². The molecular weight excluding hydrogens is 574 g/mol. The van der Waals surface area contributed by atoms with E-state index in [4.69, 9.17) is 14.4 Å². The van der Waals surface area contributed by atoms with E-state index in [2.05, 4.69) is 127 Å². The van der Waals surface area contributed by atoms with Crippen LogP contribution in [0.15, 0.2) is 144 Å². The Hall–Kier alpha value is -6.00. The van der Waals surface area contributed by atoms with E-state index in [0.29, 0.717) is 5.92 Å². The van der Waals surface area contributed by atoms with Crippen LogP contribution in [0.2, 0.25) is 0 Å². The monoisotopic (exact) mass is 603 g/mol. The van der Waals surface area contributed by atoms with Gasteiger partial charge in [0.25, 0.3) is 0 Å². The number of benzene rings is 6. The molecule has 0 fully saturated rings. The van der Waals surface area contributed by atoms with Gasteiger partial charge in [0, 0.05) is 32.7 Å². The molecule has 4 nitrogen and oxygen atoms in total. The van der Waals surface area contributed by atoms with Crippen molar-refractivity contribution in [1.29, 1.82) is 0 Å². The topological polar surface area (TPSA) is 43.9 Å². The molecule has 1 atom stereocenters. The second kappa shape index (κ2) is 10.0. The molecule has 6 aromatic carbocycles. The molecule has 10 rings (SSSR count). The van der Waals surface area contributed by atoms with Crippen LogP contribution in [0.5, 0.6) is 0 Å². The van der Waals surface area contributed by atoms with Crippen LogP contribution in [0.25, 0.3) is 77.3 Å². The van der Waals surface area contributed by atoms with Gasteiger partial charge in [-0.3, -0.25) is 4.57 Å². The molecule has 4 heteroatoms. The number of rotatable bonds is 3. The Morgan fingerprint density at radius 2 is 1.34 bits per heavy atom. The summed E-state index contributed by atoms with van der Waals surface area (Å²) in [5.74, 6) is 1.20. The molecule has 9 aromatic rings. The zero-order valence-electron chi connectivity index (χ0n) is 25.8. The zero-order valence-corrected chi connectivity index (χ0v) is 25.8. The summed E-state index contributed by atoms with van der Waals surface area (Å²) in [6.45, 7) is 2.32. The van der Waals surface area contributed by atoms with Gasteiger partial charge in [0.15, 0.2) is 5.82 Å². The van der Waals surface area contributed by atoms with Crippen molar-refractivity contribution in [2.45, 2.75) is 13.3 Å². The van der Waals surface area contributed by atoms with Crippen LogP contribution in [0.4, 0.5) is 0 Å². The summed E-state index contributed by atoms with van der Waals surface area (Å²) >= 11 is 0. The smallest absolute Gasteiger partial charge is 0.165 e. The highest BCUT2D eigenvalue weighted by Gasteiger charge is 2.30. The Kier molecular flexibility index (Phi) is 5.58. The average molecular weight is 604 g/mol. The van der Waals surface area contributed by atoms with Gasteiger partial charge >= 0.3 is 0 Å². The predicted molar refractivity (Wildman–Crippen MR) is 193 cm³/mol. The highest BCUT2D eigenvalue weighted by atomic mass is 16.3. The first-order valence-electron chi connectivity index (χ1n) is 16.2. The summed E-state index contributed by atoms with van der Waals surface area (Å²) in [6, 6.07) is 46.9. The Bertz CT molecular complexity index is 2730. The number of aromatic nitrogens is 3. The first-order valence-corrected chi connectivity index (χ1v) is 16.2. The largest absolute Gasteiger partial charge is 0.456 e. The van der Waals surface area contributed by atoms with E-state index in [-0.39, 0.29) is 0 Å². The molecular formula is C43H29N3O. The predicted octanol–water partition coefficient (Wildman–Crippen LogP) is 10.9. The molecule has 3 aromatic heterocycles. The van der Waals surface area contributed by atoms with Crippen molar-refractivity contribution < 1.29 is 4.42 Å². The highest BCUT2D eigenvalue weighted by Crippen LogP contribution is 2.45. The maximum Gasteiger partial charge on any atom is 0.165 e. The fourth-order valence-electron chi connectivity index (χ4n) is 7.62. The lowest BCUT2D eigenvalue weighted by atomic mass is 9.85. The lowest BCUT2D eigenvalue weighted by Gasteiger charge is -2.23. The summed E-state index contributed by atoms with van der Waals surface area (Å²) in [5, 5.41) is 5.93. The molecule has 0 saturated carbocycles. The summed E-state index contributed by atoms with van der Waals surface area (Å²) in [6.07, 6.45) is 3.39. The molecule has 1 aliphatic carbocycles. The molecule has 0 aliphatic heterocycles. The minimum absolute atomic E-state index is 0.357. The Morgan fingerprint density at radius 3 is 2.21 bits per heavy atom. The van der Waals surface area contributed by atoms with Crippen molar-refractivity contribution in [3.63, 3.8) is 0 Å². The Morgan fingerprint density at radius 1 is 0.617 bits per heavy atom. The van der Waals surface area contributed by atoms with Gasteiger partial charge < -0.3 is 4.42 Å². The third kappa shape index (κ3) is 3.95. The van der Waals surface area contributed by atoms with Crippen molar-refractivity contribution in [2.24, 2.45) is 5.92 Å². The van der Waals surface area contributed by atoms with Gasteiger partial charge in [-0.15, -0.1) is 0 Å². The lowest BCUT2D eigenvalue weighted by molar-refractivity contribution is 0.669. The first-order chi connectivity index (χ1) is 23.2. The van der Waals surface area contributed by atoms with Crippen molar-refractivity contribution in [3.05, 3.63) is 156 Å². The normalized spacial score (nSPS) is 14.7. The average Bonchev–Trinajstić information content (AvgIpc) is 3.66. The second-order valence-corrected chi connectivity index (χ2v) is 12.7. The van der Waals surface area contributed by atoms with Crippen LogP contribution in [0, 0.1) is 5.92 Å². The maximum absolute atomic E-state index is 6.24. The highest BCUT2D eigenvalue weighted by molar-refractivity contribution is 6.12. The fourth-order valence-corrected chi connectivity index (χ4v) is 7.62. The van der Waals surface area contributed by atoms with Crippen molar-refractivity contribution in [3.8, 4) is 17.1 Å². The van der Waals surface area contributed by atoms with Gasteiger partial charge in [0.1, 0.15) is 16.9 Å². The minimum atomic E-state index is 0.357. The molecule has 3 heterocycles. The van der Waals surface area contributed by atoms with E-state index in [9.17, 15) is 0 Å². The minimum Gasteiger partial charge on any atom is -0.456 e. The molecule has 1 aliphatic rings. The number of furan rings is 1. The molecule has 0 bridgehead atoms. The summed E-state index contributed by atoms with van der Waals surface area (Å²) in [4.78, 5) is 10.7. The number of hydrogen-bond acceptors (Lipinski definition) is 3. The lowest BCUT2D eigenvalue weighted by Crippen LogP contribution is -2.13. The molecule has 222 valence electrons. The standard InChI is InChI=1S/C43H29N3O/c1-26-23-33(29-20-22-39-34(25-29)31-15-7-10-18-38(31)47-39)42-35(24-26)32-21-19-27-11-5-6-14-30(27)41(32)46(42)43-40(28-12-3-2-4-13-28)44-36-16-8-9-17-37(36)45-43/h2-23,25-26H,24H2,1H3. The van der Waals surface area contributed by atoms with Crippen LogP contribution in [0.3, 0.4) is 0 Å². The molecule has 47 heavy (non-hydrogen) atoms. The summed E-state index contributed by atoms with van der Waals surface area (Å²) in [5.41, 5.74) is 11.5. The molecule has 0 N–H and O–H groups in total. The summed E-state index contributed by atoms with van der Waals surface area (Å²) in [7, 11) is 0. The van der Waals surface area contributed by atoms with E-state index in [0.717, 1.165) is 56.5 Å². The van der Waals surface area contributed by atoms with Crippen molar-refractivity contribution >= 4 is 60.2 Å². The molecule has 0 saturated heterocycles. The maximum atomic E-state index is 6.24. The quantitative estimate of drug-likeness (QED) is 0.202. The molecule has 1 unspecified atom stereocenters. The van der Waals surface area contributed by atoms with E-state index in [1.807, 2.05) is 24.3 Å². The number of allylic oxidation sites excluding steroid dienone is 1. The van der Waals surface area contributed by atoms with Gasteiger partial charge in [-0.1, -0.05) is 116 Å². The van der Waals surface area contributed by atoms with E-state index >= 15 is 0 Å². The van der Waals surface area contributed by atoms with E-state index in [1.165, 1.54) is 44.1 Å². The van der Waals surface area contributed by atoms with Gasteiger partial charge in [0.2, 0.25) is 0 Å². The Balaban J connectivity index is 1.36. The number of hydrogen-bond donors (Lipinski definition) is 0. The van der Waals surface area contributed by atoms with Crippen LogP contribution < -0.4 is 0 Å². The zero-order chi connectivity index (χ0) is 31.1. The number of fused-ring (bicyclic) bond motifs is 9. The van der Waals surface area contributed by atoms with Gasteiger partial charge in [-0.2, -0.15) is 0 Å². The third-order valence-corrected chi connectivity index (χ3v) is 9.69. The second-order valence-electron chi connectivity index (χ2n) is 12.7. The third-order valence-electron chi connectivity index (χ3n) is 9.69. The van der Waals surface area contributed by atoms with Crippen molar-refractivity contribution in [2.75, 3.05) is 0 Å². The van der Waals surface area contributed by atoms with Gasteiger partial charge in [0.05, 0.1) is 22.2 Å². The van der Waals surface area contributed by atoms with Crippen LogP contribution >= 0.6 is 0 Å². The summed E-state index contributed by atoms with van der Waals surface area (Å²) < 4.78 is 8.66. The van der Waals surface area contributed by atoms with Crippen LogP contribution in [-0.4, -0.2) is 14.5 Å². The van der Waals surface area contributed by atoms with E-state index in [1.54, 1.807) is 0 Å². The van der Waals surface area contributed by atoms with E-state index < -0.39 is 0 Å². The number of para-hydroxylation sites is 3. The fraction of sp³-hybridized carbons (Fsp3) is 0.0698. The molecule has 0 radical (unpaired) electrons. The van der Waals surface area contributed by atoms with Crippen LogP contribution in [-0.2, 0) is 6.42 Å². The van der Waals surface area contributed by atoms with Gasteiger partial charge in [-0.25, -0.2) is 9.97 Å². The van der Waals surface area contributed by atoms with Crippen LogP contribution in [0.1, 0.15) is 23.7 Å². The molecule has 0 amide bonds. The first kappa shape index (κ1) is 26.2. The molecule has 0 spiro atoms. The SMILES string of the molecule is CC1C=C(c2ccc3oc4ccccc4c3c2)c2c(c3ccc4ccccc4c3n2-c2nc3ccccc3nc2-c2ccccc2)C1.